The summed E-state index contributed by atoms with van der Waals surface area (Å²) in [7, 11) is 0. The molecule has 2 nitrogen and oxygen atoms in total. The molecule has 1 aliphatic carbocycles. The molecule has 2 aromatic heterocycles. The average molecular weight is 436 g/mol. The zero-order valence-corrected chi connectivity index (χ0v) is 16.2. The van der Waals surface area contributed by atoms with Crippen molar-refractivity contribution in [3.8, 4) is 0 Å². The van der Waals surface area contributed by atoms with Gasteiger partial charge in [-0.05, 0) is 71.0 Å². The normalized spacial score (nSPS) is 15.8. The van der Waals surface area contributed by atoms with Crippen LogP contribution in [0.3, 0.4) is 0 Å². The first-order chi connectivity index (χ1) is 9.54. The van der Waals surface area contributed by atoms with Crippen LogP contribution in [0.2, 0.25) is 0 Å². The highest BCUT2D eigenvalue weighted by molar-refractivity contribution is 9.13. The maximum absolute atomic E-state index is 4.89. The maximum atomic E-state index is 4.89. The van der Waals surface area contributed by atoms with Gasteiger partial charge >= 0.3 is 0 Å². The van der Waals surface area contributed by atoms with E-state index < -0.39 is 0 Å². The second kappa shape index (κ2) is 6.16. The molecular weight excluding hydrogens is 420 g/mol. The Labute approximate surface area is 144 Å². The Morgan fingerprint density at radius 1 is 1.25 bits per heavy atom. The van der Waals surface area contributed by atoms with Gasteiger partial charge in [-0.1, -0.05) is 0 Å². The molecule has 1 unspecified atom stereocenters. The number of aromatic nitrogens is 1. The van der Waals surface area contributed by atoms with Crippen molar-refractivity contribution in [2.45, 2.75) is 45.2 Å². The highest BCUT2D eigenvalue weighted by Crippen LogP contribution is 2.40. The molecule has 1 N–H and O–H groups in total. The summed E-state index contributed by atoms with van der Waals surface area (Å²) >= 11 is 10.8. The molecule has 0 amide bonds. The van der Waals surface area contributed by atoms with E-state index in [0.717, 1.165) is 14.7 Å². The van der Waals surface area contributed by atoms with Crippen LogP contribution in [0.15, 0.2) is 14.3 Å². The summed E-state index contributed by atoms with van der Waals surface area (Å²) in [6.45, 7) is 4.37. The van der Waals surface area contributed by atoms with E-state index in [1.807, 2.05) is 11.3 Å². The van der Waals surface area contributed by atoms with Crippen molar-refractivity contribution in [2.24, 2.45) is 0 Å². The number of thiazole rings is 1. The van der Waals surface area contributed by atoms with Gasteiger partial charge in [0.15, 0.2) is 0 Å². The van der Waals surface area contributed by atoms with Crippen LogP contribution in [0.25, 0.3) is 0 Å². The molecular formula is C14H16Br2N2S2. The van der Waals surface area contributed by atoms with Crippen LogP contribution in [0.4, 0.5) is 0 Å². The minimum absolute atomic E-state index is 0.207. The van der Waals surface area contributed by atoms with Crippen LogP contribution in [0.5, 0.6) is 0 Å². The molecule has 2 aromatic rings. The standard InChI is InChI=1S/C14H16Br2N2S2/c1-7(2)17-12(11-6-8(15)13(16)19-11)14-18-9-4-3-5-10(9)20-14/h6-7,12,17H,3-5H2,1-2H3. The number of rotatable bonds is 4. The van der Waals surface area contributed by atoms with Crippen molar-refractivity contribution in [2.75, 3.05) is 0 Å². The molecule has 20 heavy (non-hydrogen) atoms. The van der Waals surface area contributed by atoms with Gasteiger partial charge in [0.2, 0.25) is 0 Å². The molecule has 1 atom stereocenters. The van der Waals surface area contributed by atoms with Gasteiger partial charge < -0.3 is 5.32 Å². The summed E-state index contributed by atoms with van der Waals surface area (Å²) in [5, 5.41) is 4.87. The summed E-state index contributed by atoms with van der Waals surface area (Å²) in [6, 6.07) is 2.83. The quantitative estimate of drug-likeness (QED) is 0.704. The predicted octanol–water partition coefficient (Wildman–Crippen LogP) is 5.31. The second-order valence-corrected chi connectivity index (χ2v) is 9.67. The van der Waals surface area contributed by atoms with Gasteiger partial charge in [-0.3, -0.25) is 0 Å². The molecule has 3 rings (SSSR count). The minimum Gasteiger partial charge on any atom is -0.301 e. The van der Waals surface area contributed by atoms with Crippen molar-refractivity contribution in [1.82, 2.24) is 10.3 Å². The molecule has 0 fully saturated rings. The van der Waals surface area contributed by atoms with E-state index in [9.17, 15) is 0 Å². The Balaban J connectivity index is 1.96. The number of fused-ring (bicyclic) bond motifs is 1. The van der Waals surface area contributed by atoms with Gasteiger partial charge in [-0.15, -0.1) is 22.7 Å². The van der Waals surface area contributed by atoms with Gasteiger partial charge in [-0.2, -0.15) is 0 Å². The summed E-state index contributed by atoms with van der Waals surface area (Å²) in [5.74, 6) is 0. The smallest absolute Gasteiger partial charge is 0.116 e. The molecule has 0 radical (unpaired) electrons. The van der Waals surface area contributed by atoms with Crippen molar-refractivity contribution < 1.29 is 0 Å². The molecule has 108 valence electrons. The fourth-order valence-corrected chi connectivity index (χ4v) is 5.91. The van der Waals surface area contributed by atoms with E-state index in [1.54, 1.807) is 11.3 Å². The first-order valence-electron chi connectivity index (χ1n) is 6.74. The lowest BCUT2D eigenvalue weighted by Gasteiger charge is -2.18. The number of nitrogens with zero attached hydrogens (tertiary/aromatic N) is 1. The predicted molar refractivity (Wildman–Crippen MR) is 94.0 cm³/mol. The molecule has 1 aliphatic rings. The number of halogens is 2. The Kier molecular flexibility index (Phi) is 4.67. The number of nitrogens with one attached hydrogen (secondary N) is 1. The summed E-state index contributed by atoms with van der Waals surface area (Å²) in [5.41, 5.74) is 1.33. The van der Waals surface area contributed by atoms with Gasteiger partial charge in [-0.25, -0.2) is 4.98 Å². The molecule has 0 bridgehead atoms. The topological polar surface area (TPSA) is 24.9 Å². The van der Waals surface area contributed by atoms with Crippen LogP contribution in [0.1, 0.15) is 46.8 Å². The molecule has 0 saturated heterocycles. The minimum atomic E-state index is 0.207. The van der Waals surface area contributed by atoms with Gasteiger partial charge in [0, 0.05) is 20.3 Å². The highest BCUT2D eigenvalue weighted by Gasteiger charge is 2.25. The SMILES string of the molecule is CC(C)NC(c1cc(Br)c(Br)s1)c1nc2c(s1)CCC2. The van der Waals surface area contributed by atoms with Crippen LogP contribution in [0, 0.1) is 0 Å². The van der Waals surface area contributed by atoms with E-state index in [4.69, 9.17) is 4.98 Å². The van der Waals surface area contributed by atoms with Crippen LogP contribution < -0.4 is 5.32 Å². The Morgan fingerprint density at radius 2 is 2.05 bits per heavy atom. The fourth-order valence-electron chi connectivity index (χ4n) is 2.45. The highest BCUT2D eigenvalue weighted by atomic mass is 79.9. The number of thiophene rings is 1. The molecule has 0 saturated carbocycles. The average Bonchev–Trinajstić information content (AvgIpc) is 3.01. The van der Waals surface area contributed by atoms with Gasteiger partial charge in [0.05, 0.1) is 15.5 Å². The van der Waals surface area contributed by atoms with Crippen molar-refractivity contribution in [1.29, 1.82) is 0 Å². The monoisotopic (exact) mass is 434 g/mol. The second-order valence-electron chi connectivity index (χ2n) is 5.30. The number of aryl methyl sites for hydroxylation is 2. The first kappa shape index (κ1) is 15.2. The fraction of sp³-hybridized carbons (Fsp3) is 0.500. The molecule has 0 aliphatic heterocycles. The van der Waals surface area contributed by atoms with Crippen LogP contribution in [-0.2, 0) is 12.8 Å². The molecule has 0 spiro atoms. The summed E-state index contributed by atoms with van der Waals surface area (Å²) in [6.07, 6.45) is 3.63. The molecule has 0 aromatic carbocycles. The van der Waals surface area contributed by atoms with Gasteiger partial charge in [0.1, 0.15) is 5.01 Å². The lowest BCUT2D eigenvalue weighted by atomic mass is 10.2. The van der Waals surface area contributed by atoms with Crippen LogP contribution >= 0.6 is 54.5 Å². The summed E-state index contributed by atoms with van der Waals surface area (Å²) in [4.78, 5) is 7.69. The van der Waals surface area contributed by atoms with E-state index in [-0.39, 0.29) is 6.04 Å². The zero-order chi connectivity index (χ0) is 14.3. The van der Waals surface area contributed by atoms with E-state index in [0.29, 0.717) is 6.04 Å². The largest absolute Gasteiger partial charge is 0.301 e. The summed E-state index contributed by atoms with van der Waals surface area (Å²) < 4.78 is 2.27. The molecule has 2 heterocycles. The van der Waals surface area contributed by atoms with Crippen LogP contribution in [-0.4, -0.2) is 11.0 Å². The third-order valence-corrected chi connectivity index (χ3v) is 7.85. The lowest BCUT2D eigenvalue weighted by molar-refractivity contribution is 0.531. The molecule has 6 heteroatoms. The van der Waals surface area contributed by atoms with Crippen molar-refractivity contribution >= 4 is 54.5 Å². The third kappa shape index (κ3) is 3.04. The van der Waals surface area contributed by atoms with E-state index >= 15 is 0 Å². The first-order valence-corrected chi connectivity index (χ1v) is 9.95. The Hall–Kier alpha value is 0.250. The maximum Gasteiger partial charge on any atom is 0.116 e. The van der Waals surface area contributed by atoms with E-state index in [2.05, 4.69) is 57.1 Å². The van der Waals surface area contributed by atoms with Crippen molar-refractivity contribution in [3.63, 3.8) is 0 Å². The van der Waals surface area contributed by atoms with Crippen molar-refractivity contribution in [3.05, 3.63) is 34.8 Å². The number of hydrogen-bond acceptors (Lipinski definition) is 4. The zero-order valence-electron chi connectivity index (χ0n) is 11.4. The van der Waals surface area contributed by atoms with E-state index in [1.165, 1.54) is 33.3 Å². The Morgan fingerprint density at radius 3 is 2.65 bits per heavy atom. The van der Waals surface area contributed by atoms with Gasteiger partial charge in [0.25, 0.3) is 0 Å². The Bertz CT molecular complexity index is 578. The third-order valence-electron chi connectivity index (χ3n) is 3.31. The lowest BCUT2D eigenvalue weighted by Crippen LogP contribution is -2.28. The number of hydrogen-bond donors (Lipinski definition) is 1.